The molecule has 1 aromatic carbocycles. The summed E-state index contributed by atoms with van der Waals surface area (Å²) in [7, 11) is 0. The van der Waals surface area contributed by atoms with Gasteiger partial charge in [-0.1, -0.05) is 19.1 Å². The first-order valence-corrected chi connectivity index (χ1v) is 10.1. The van der Waals surface area contributed by atoms with E-state index in [4.69, 9.17) is 8.83 Å². The highest BCUT2D eigenvalue weighted by Gasteiger charge is 2.27. The molecule has 1 aliphatic rings. The number of hydrogen-bond acceptors (Lipinski definition) is 5. The second-order valence-electron chi connectivity index (χ2n) is 7.86. The van der Waals surface area contributed by atoms with Gasteiger partial charge in [-0.2, -0.15) is 0 Å². The highest BCUT2D eigenvalue weighted by atomic mass is 16.3. The summed E-state index contributed by atoms with van der Waals surface area (Å²) in [6.07, 6.45) is 2.26. The molecule has 1 aliphatic heterocycles. The van der Waals surface area contributed by atoms with Crippen molar-refractivity contribution in [3.05, 3.63) is 70.0 Å². The number of likely N-dealkylation sites (tertiary alicyclic amines) is 1. The average molecular weight is 394 g/mol. The van der Waals surface area contributed by atoms with Crippen LogP contribution in [-0.4, -0.2) is 30.4 Å². The first-order chi connectivity index (χ1) is 14.0. The maximum absolute atomic E-state index is 12.7. The molecule has 3 heterocycles. The van der Waals surface area contributed by atoms with Crippen LogP contribution in [0.15, 0.2) is 56.1 Å². The Morgan fingerprint density at radius 1 is 1.17 bits per heavy atom. The molecule has 1 fully saturated rings. The van der Waals surface area contributed by atoms with Gasteiger partial charge in [0.1, 0.15) is 17.1 Å². The van der Waals surface area contributed by atoms with E-state index >= 15 is 0 Å². The van der Waals surface area contributed by atoms with Crippen molar-refractivity contribution < 1.29 is 13.6 Å². The van der Waals surface area contributed by atoms with Crippen molar-refractivity contribution in [2.24, 2.45) is 5.92 Å². The molecule has 1 N–H and O–H groups in total. The van der Waals surface area contributed by atoms with Gasteiger partial charge in [0.25, 0.3) is 5.91 Å². The van der Waals surface area contributed by atoms with E-state index in [-0.39, 0.29) is 17.2 Å². The Bertz CT molecular complexity index is 1060. The number of nitrogens with one attached hydrogen (secondary N) is 1. The lowest BCUT2D eigenvalue weighted by molar-refractivity contribution is 0.0870. The number of benzene rings is 1. The molecule has 6 heteroatoms. The monoisotopic (exact) mass is 394 g/mol. The minimum Gasteiger partial charge on any atom is -0.465 e. The third-order valence-corrected chi connectivity index (χ3v) is 5.66. The lowest BCUT2D eigenvalue weighted by Gasteiger charge is -2.35. The van der Waals surface area contributed by atoms with Gasteiger partial charge in [-0.3, -0.25) is 14.5 Å². The van der Waals surface area contributed by atoms with Crippen LogP contribution in [0.25, 0.3) is 11.0 Å². The molecule has 0 aliphatic carbocycles. The van der Waals surface area contributed by atoms with Gasteiger partial charge in [0.05, 0.1) is 11.4 Å². The molecular formula is C23H26N2O4. The molecular weight excluding hydrogens is 368 g/mol. The standard InChI is InChI=1S/C23H26N2O4/c1-15-9-11-25(12-10-15)18(21-8-7-16(2)28-21)14-24-23(27)22-13-19(26)17-5-3-4-6-20(17)29-22/h3-8,13,15,18H,9-12,14H2,1-2H3,(H,24,27)/t18-/m0/s1. The predicted octanol–water partition coefficient (Wildman–Crippen LogP) is 3.90. The number of carbonyl (C=O) groups excluding carboxylic acids is 1. The minimum absolute atomic E-state index is 0.0235. The number of carbonyl (C=O) groups is 1. The number of amides is 1. The fraction of sp³-hybridized carbons (Fsp3) is 0.391. The molecule has 1 saturated heterocycles. The largest absolute Gasteiger partial charge is 0.465 e. The fourth-order valence-corrected chi connectivity index (χ4v) is 3.87. The minimum atomic E-state index is -0.397. The Morgan fingerprint density at radius 2 is 1.93 bits per heavy atom. The first-order valence-electron chi connectivity index (χ1n) is 10.1. The second-order valence-corrected chi connectivity index (χ2v) is 7.86. The number of para-hydroxylation sites is 1. The van der Waals surface area contributed by atoms with Crippen molar-refractivity contribution in [3.8, 4) is 0 Å². The summed E-state index contributed by atoms with van der Waals surface area (Å²) in [6.45, 7) is 6.50. The number of aryl methyl sites for hydroxylation is 1. The smallest absolute Gasteiger partial charge is 0.287 e. The maximum atomic E-state index is 12.7. The van der Waals surface area contributed by atoms with E-state index in [0.29, 0.717) is 23.4 Å². The van der Waals surface area contributed by atoms with E-state index in [1.807, 2.05) is 19.1 Å². The van der Waals surface area contributed by atoms with Gasteiger partial charge in [0.15, 0.2) is 11.2 Å². The van der Waals surface area contributed by atoms with E-state index in [2.05, 4.69) is 17.1 Å². The summed E-state index contributed by atoms with van der Waals surface area (Å²) in [5.41, 5.74) is 0.189. The molecule has 1 amide bonds. The van der Waals surface area contributed by atoms with Crippen LogP contribution in [0.4, 0.5) is 0 Å². The molecule has 0 spiro atoms. The summed E-state index contributed by atoms with van der Waals surface area (Å²) < 4.78 is 11.5. The molecule has 4 rings (SSSR count). The van der Waals surface area contributed by atoms with Crippen molar-refractivity contribution in [3.63, 3.8) is 0 Å². The van der Waals surface area contributed by atoms with Crippen molar-refractivity contribution in [1.29, 1.82) is 0 Å². The van der Waals surface area contributed by atoms with Gasteiger partial charge in [0.2, 0.25) is 0 Å². The maximum Gasteiger partial charge on any atom is 0.287 e. The van der Waals surface area contributed by atoms with Crippen molar-refractivity contribution >= 4 is 16.9 Å². The van der Waals surface area contributed by atoms with Crippen LogP contribution in [0, 0.1) is 12.8 Å². The molecule has 2 aromatic heterocycles. The lowest BCUT2D eigenvalue weighted by Crippen LogP contribution is -2.41. The van der Waals surface area contributed by atoms with Crippen molar-refractivity contribution in [2.45, 2.75) is 32.7 Å². The summed E-state index contributed by atoms with van der Waals surface area (Å²) in [6, 6.07) is 12.1. The molecule has 3 aromatic rings. The zero-order chi connectivity index (χ0) is 20.4. The van der Waals surface area contributed by atoms with Crippen LogP contribution in [0.1, 0.15) is 47.9 Å². The van der Waals surface area contributed by atoms with E-state index in [9.17, 15) is 9.59 Å². The van der Waals surface area contributed by atoms with Crippen LogP contribution in [0.3, 0.4) is 0 Å². The summed E-state index contributed by atoms with van der Waals surface area (Å²) in [4.78, 5) is 27.4. The second kappa shape index (κ2) is 8.25. The number of rotatable bonds is 5. The molecule has 152 valence electrons. The van der Waals surface area contributed by atoms with Crippen LogP contribution >= 0.6 is 0 Å². The molecule has 0 bridgehead atoms. The number of fused-ring (bicyclic) bond motifs is 1. The zero-order valence-corrected chi connectivity index (χ0v) is 16.8. The first kappa shape index (κ1) is 19.5. The van der Waals surface area contributed by atoms with E-state index in [1.165, 1.54) is 6.07 Å². The van der Waals surface area contributed by atoms with E-state index < -0.39 is 5.91 Å². The van der Waals surface area contributed by atoms with Gasteiger partial charge < -0.3 is 14.2 Å². The van der Waals surface area contributed by atoms with Crippen LogP contribution in [0.5, 0.6) is 0 Å². The Labute approximate surface area is 169 Å². The van der Waals surface area contributed by atoms with Crippen molar-refractivity contribution in [2.75, 3.05) is 19.6 Å². The highest BCUT2D eigenvalue weighted by molar-refractivity contribution is 5.93. The average Bonchev–Trinajstić information content (AvgIpc) is 3.15. The number of piperidine rings is 1. The van der Waals surface area contributed by atoms with E-state index in [1.54, 1.807) is 24.3 Å². The Balaban J connectivity index is 1.52. The quantitative estimate of drug-likeness (QED) is 0.710. The number of nitrogens with zero attached hydrogens (tertiary/aromatic N) is 1. The van der Waals surface area contributed by atoms with Gasteiger partial charge in [0, 0.05) is 12.6 Å². The Kier molecular flexibility index (Phi) is 5.53. The van der Waals surface area contributed by atoms with Crippen LogP contribution in [-0.2, 0) is 0 Å². The third kappa shape index (κ3) is 4.27. The molecule has 0 radical (unpaired) electrons. The summed E-state index contributed by atoms with van der Waals surface area (Å²) in [5, 5.41) is 3.40. The topological polar surface area (TPSA) is 75.7 Å². The normalized spacial score (nSPS) is 16.8. The highest BCUT2D eigenvalue weighted by Crippen LogP contribution is 2.27. The summed E-state index contributed by atoms with van der Waals surface area (Å²) in [5.74, 6) is 2.04. The van der Waals surface area contributed by atoms with Gasteiger partial charge in [-0.25, -0.2) is 0 Å². The van der Waals surface area contributed by atoms with Gasteiger partial charge in [-0.05, 0) is 63.0 Å². The van der Waals surface area contributed by atoms with Crippen LogP contribution < -0.4 is 10.7 Å². The number of furan rings is 1. The Hall–Kier alpha value is -2.86. The fourth-order valence-electron chi connectivity index (χ4n) is 3.87. The summed E-state index contributed by atoms with van der Waals surface area (Å²) >= 11 is 0. The molecule has 0 unspecified atom stereocenters. The molecule has 0 saturated carbocycles. The number of hydrogen-bond donors (Lipinski definition) is 1. The molecule has 29 heavy (non-hydrogen) atoms. The Morgan fingerprint density at radius 3 is 2.66 bits per heavy atom. The third-order valence-electron chi connectivity index (χ3n) is 5.66. The van der Waals surface area contributed by atoms with Gasteiger partial charge in [-0.15, -0.1) is 0 Å². The zero-order valence-electron chi connectivity index (χ0n) is 16.8. The predicted molar refractivity (Wildman–Crippen MR) is 111 cm³/mol. The van der Waals surface area contributed by atoms with E-state index in [0.717, 1.165) is 37.5 Å². The van der Waals surface area contributed by atoms with Crippen molar-refractivity contribution in [1.82, 2.24) is 10.2 Å². The molecule has 1 atom stereocenters. The SMILES string of the molecule is Cc1ccc([C@H](CNC(=O)c2cc(=O)c3ccccc3o2)N2CCC(C)CC2)o1. The molecule has 6 nitrogen and oxygen atoms in total. The van der Waals surface area contributed by atoms with Gasteiger partial charge >= 0.3 is 0 Å². The van der Waals surface area contributed by atoms with Crippen LogP contribution in [0.2, 0.25) is 0 Å². The lowest BCUT2D eigenvalue weighted by atomic mass is 9.97.